The summed E-state index contributed by atoms with van der Waals surface area (Å²) in [7, 11) is -3.99. The normalized spacial score (nSPS) is 11.1. The Balaban J connectivity index is 2.43. The summed E-state index contributed by atoms with van der Waals surface area (Å²) >= 11 is 0. The Morgan fingerprint density at radius 1 is 1.04 bits per heavy atom. The zero-order chi connectivity index (χ0) is 17.2. The molecule has 23 heavy (non-hydrogen) atoms. The zero-order valence-electron chi connectivity index (χ0n) is 13.5. The van der Waals surface area contributed by atoms with Gasteiger partial charge in [-0.15, -0.1) is 0 Å². The Hall–Kier alpha value is -2.34. The Morgan fingerprint density at radius 2 is 1.74 bits per heavy atom. The summed E-state index contributed by atoms with van der Waals surface area (Å²) in [6.07, 6.45) is 0. The first-order valence-corrected chi connectivity index (χ1v) is 8.50. The highest BCUT2D eigenvalue weighted by molar-refractivity contribution is 7.87. The van der Waals surface area contributed by atoms with Crippen LogP contribution >= 0.6 is 0 Å². The third-order valence-electron chi connectivity index (χ3n) is 3.53. The summed E-state index contributed by atoms with van der Waals surface area (Å²) < 4.78 is 30.5. The average Bonchev–Trinajstić information content (AvgIpc) is 2.45. The van der Waals surface area contributed by atoms with Crippen molar-refractivity contribution >= 4 is 21.7 Å². The van der Waals surface area contributed by atoms with Crippen molar-refractivity contribution in [3.63, 3.8) is 0 Å². The van der Waals surface area contributed by atoms with Gasteiger partial charge in [-0.2, -0.15) is 8.42 Å². The molecule has 2 rings (SSSR count). The van der Waals surface area contributed by atoms with E-state index in [1.165, 1.54) is 13.0 Å². The predicted molar refractivity (Wildman–Crippen MR) is 89.2 cm³/mol. The van der Waals surface area contributed by atoms with Crippen LogP contribution in [0.25, 0.3) is 0 Å². The van der Waals surface area contributed by atoms with Crippen molar-refractivity contribution in [3.05, 3.63) is 53.1 Å². The highest BCUT2D eigenvalue weighted by Gasteiger charge is 2.21. The van der Waals surface area contributed by atoms with Gasteiger partial charge in [0, 0.05) is 12.6 Å². The SMILES string of the molecule is CC(=O)Nc1ccc(C)c(S(=O)(=O)Oc2cccc(C)c2C)c1. The fourth-order valence-electron chi connectivity index (χ4n) is 2.13. The molecule has 0 aliphatic carbocycles. The van der Waals surface area contributed by atoms with E-state index in [9.17, 15) is 13.2 Å². The molecule has 0 aliphatic heterocycles. The van der Waals surface area contributed by atoms with Crippen molar-refractivity contribution in [1.29, 1.82) is 0 Å². The first-order chi connectivity index (χ1) is 10.7. The number of carbonyl (C=O) groups excluding carboxylic acids is 1. The second-order valence-corrected chi connectivity index (χ2v) is 6.91. The second-order valence-electron chi connectivity index (χ2n) is 5.40. The standard InChI is InChI=1S/C17H19NO4S/c1-11-6-5-7-16(13(11)3)22-23(20,21)17-10-15(18-14(4)19)9-8-12(17)2/h5-10H,1-4H3,(H,18,19). The zero-order valence-corrected chi connectivity index (χ0v) is 14.3. The maximum atomic E-state index is 12.6. The third-order valence-corrected chi connectivity index (χ3v) is 4.91. The quantitative estimate of drug-likeness (QED) is 0.871. The van der Waals surface area contributed by atoms with E-state index in [2.05, 4.69) is 5.32 Å². The van der Waals surface area contributed by atoms with Crippen molar-refractivity contribution < 1.29 is 17.4 Å². The molecule has 0 heterocycles. The van der Waals surface area contributed by atoms with Crippen LogP contribution in [0, 0.1) is 20.8 Å². The van der Waals surface area contributed by atoms with E-state index in [0.29, 0.717) is 17.0 Å². The van der Waals surface area contributed by atoms with Gasteiger partial charge >= 0.3 is 10.1 Å². The van der Waals surface area contributed by atoms with E-state index in [1.54, 1.807) is 38.1 Å². The highest BCUT2D eigenvalue weighted by Crippen LogP contribution is 2.27. The van der Waals surface area contributed by atoms with Crippen LogP contribution in [0.1, 0.15) is 23.6 Å². The van der Waals surface area contributed by atoms with Crippen LogP contribution in [0.2, 0.25) is 0 Å². The minimum absolute atomic E-state index is 0.0321. The molecule has 6 heteroatoms. The van der Waals surface area contributed by atoms with E-state index in [1.807, 2.05) is 13.0 Å². The van der Waals surface area contributed by atoms with Crippen molar-refractivity contribution in [2.75, 3.05) is 5.32 Å². The van der Waals surface area contributed by atoms with Gasteiger partial charge in [-0.1, -0.05) is 18.2 Å². The van der Waals surface area contributed by atoms with Gasteiger partial charge in [-0.05, 0) is 55.7 Å². The second kappa shape index (κ2) is 6.42. The Morgan fingerprint density at radius 3 is 2.39 bits per heavy atom. The summed E-state index contributed by atoms with van der Waals surface area (Å²) in [5.74, 6) is 0.0296. The molecule has 0 bridgehead atoms. The largest absolute Gasteiger partial charge is 0.379 e. The molecule has 0 atom stereocenters. The summed E-state index contributed by atoms with van der Waals surface area (Å²) in [6, 6.07) is 9.92. The molecule has 5 nitrogen and oxygen atoms in total. The molecule has 0 radical (unpaired) electrons. The van der Waals surface area contributed by atoms with Gasteiger partial charge in [0.15, 0.2) is 0 Å². The highest BCUT2D eigenvalue weighted by atomic mass is 32.2. The van der Waals surface area contributed by atoms with E-state index >= 15 is 0 Å². The molecule has 0 fully saturated rings. The van der Waals surface area contributed by atoms with Crippen molar-refractivity contribution in [3.8, 4) is 5.75 Å². The molecular weight excluding hydrogens is 314 g/mol. The van der Waals surface area contributed by atoms with Gasteiger partial charge < -0.3 is 9.50 Å². The van der Waals surface area contributed by atoms with Gasteiger partial charge in [0.2, 0.25) is 5.91 Å². The van der Waals surface area contributed by atoms with Crippen molar-refractivity contribution in [1.82, 2.24) is 0 Å². The summed E-state index contributed by atoms with van der Waals surface area (Å²) in [5, 5.41) is 2.57. The van der Waals surface area contributed by atoms with Gasteiger partial charge in [-0.25, -0.2) is 0 Å². The Kier molecular flexibility index (Phi) is 4.75. The first-order valence-electron chi connectivity index (χ1n) is 7.09. The van der Waals surface area contributed by atoms with E-state index in [4.69, 9.17) is 4.18 Å². The molecule has 1 amide bonds. The average molecular weight is 333 g/mol. The molecule has 0 spiro atoms. The van der Waals surface area contributed by atoms with Crippen LogP contribution in [0.3, 0.4) is 0 Å². The number of amides is 1. The van der Waals surface area contributed by atoms with Crippen molar-refractivity contribution in [2.45, 2.75) is 32.6 Å². The van der Waals surface area contributed by atoms with Gasteiger partial charge in [0.25, 0.3) is 0 Å². The number of aryl methyl sites for hydroxylation is 2. The number of carbonyl (C=O) groups is 1. The predicted octanol–water partition coefficient (Wildman–Crippen LogP) is 3.34. The Labute approximate surface area is 136 Å². The molecule has 2 aromatic rings. The van der Waals surface area contributed by atoms with Crippen LogP contribution in [-0.2, 0) is 14.9 Å². The van der Waals surface area contributed by atoms with Crippen LogP contribution in [-0.4, -0.2) is 14.3 Å². The molecule has 0 aromatic heterocycles. The smallest absolute Gasteiger partial charge is 0.339 e. The van der Waals surface area contributed by atoms with Crippen LogP contribution in [0.4, 0.5) is 5.69 Å². The van der Waals surface area contributed by atoms with E-state index in [0.717, 1.165) is 11.1 Å². The molecule has 2 aromatic carbocycles. The number of anilines is 1. The minimum Gasteiger partial charge on any atom is -0.379 e. The first kappa shape index (κ1) is 17.0. The molecule has 0 saturated carbocycles. The Bertz CT molecular complexity index is 857. The third kappa shape index (κ3) is 3.90. The number of nitrogens with one attached hydrogen (secondary N) is 1. The molecular formula is C17H19NO4S. The number of hydrogen-bond acceptors (Lipinski definition) is 4. The van der Waals surface area contributed by atoms with Gasteiger partial charge in [0.1, 0.15) is 10.6 Å². The lowest BCUT2D eigenvalue weighted by Crippen LogP contribution is -2.13. The van der Waals surface area contributed by atoms with Gasteiger partial charge in [0.05, 0.1) is 0 Å². The fourth-order valence-corrected chi connectivity index (χ4v) is 3.37. The van der Waals surface area contributed by atoms with Gasteiger partial charge in [-0.3, -0.25) is 4.79 Å². The minimum atomic E-state index is -3.99. The molecule has 0 unspecified atom stereocenters. The molecule has 122 valence electrons. The maximum Gasteiger partial charge on any atom is 0.339 e. The fraction of sp³-hybridized carbons (Fsp3) is 0.235. The summed E-state index contributed by atoms with van der Waals surface area (Å²) in [4.78, 5) is 11.2. The van der Waals surface area contributed by atoms with Crippen LogP contribution in [0.5, 0.6) is 5.75 Å². The lowest BCUT2D eigenvalue weighted by atomic mass is 10.1. The molecule has 0 saturated heterocycles. The summed E-state index contributed by atoms with van der Waals surface area (Å²) in [6.45, 7) is 6.73. The maximum absolute atomic E-state index is 12.6. The van der Waals surface area contributed by atoms with Crippen molar-refractivity contribution in [2.24, 2.45) is 0 Å². The van der Waals surface area contributed by atoms with Crippen LogP contribution in [0.15, 0.2) is 41.3 Å². The van der Waals surface area contributed by atoms with Crippen LogP contribution < -0.4 is 9.50 Å². The lowest BCUT2D eigenvalue weighted by Gasteiger charge is -2.13. The van der Waals surface area contributed by atoms with E-state index in [-0.39, 0.29) is 10.8 Å². The van der Waals surface area contributed by atoms with E-state index < -0.39 is 10.1 Å². The summed E-state index contributed by atoms with van der Waals surface area (Å²) in [5.41, 5.74) is 2.67. The lowest BCUT2D eigenvalue weighted by molar-refractivity contribution is -0.114. The molecule has 0 aliphatic rings. The number of rotatable bonds is 4. The molecule has 1 N–H and O–H groups in total. The monoisotopic (exact) mass is 333 g/mol. The number of benzene rings is 2. The topological polar surface area (TPSA) is 72.5 Å². The number of hydrogen-bond donors (Lipinski definition) is 1.